The minimum atomic E-state index is 0.185. The van der Waals surface area contributed by atoms with Crippen LogP contribution >= 0.6 is 0 Å². The van der Waals surface area contributed by atoms with Gasteiger partial charge in [-0.2, -0.15) is 0 Å². The number of hydrogen-bond acceptors (Lipinski definition) is 2. The topological polar surface area (TPSA) is 45.3 Å². The Morgan fingerprint density at radius 1 is 1.12 bits per heavy atom. The number of nitrogens with zero attached hydrogens (tertiary/aromatic N) is 1. The van der Waals surface area contributed by atoms with Gasteiger partial charge >= 0.3 is 0 Å². The Morgan fingerprint density at radius 3 is 2.58 bits per heavy atom. The number of rotatable bonds is 2. The van der Waals surface area contributed by atoms with Crippen LogP contribution in [0.4, 0.5) is 0 Å². The number of aromatic nitrogens is 1. The highest BCUT2D eigenvalue weighted by Crippen LogP contribution is 2.36. The maximum absolute atomic E-state index is 12.7. The second-order valence-electron chi connectivity index (χ2n) is 7.20. The summed E-state index contributed by atoms with van der Waals surface area (Å²) in [4.78, 5) is 18.3. The molecule has 0 bridgehead atoms. The van der Waals surface area contributed by atoms with E-state index in [4.69, 9.17) is 4.74 Å². The number of nitrogens with one attached hydrogen (secondary N) is 1. The fraction of sp³-hybridized carbons (Fsp3) is 0.550. The molecule has 24 heavy (non-hydrogen) atoms. The van der Waals surface area contributed by atoms with Crippen molar-refractivity contribution >= 4 is 16.8 Å². The first-order valence-corrected chi connectivity index (χ1v) is 9.18. The monoisotopic (exact) mass is 326 g/mol. The van der Waals surface area contributed by atoms with Crippen LogP contribution in [-0.2, 0) is 9.53 Å². The molecule has 0 aliphatic carbocycles. The molecule has 3 heterocycles. The summed E-state index contributed by atoms with van der Waals surface area (Å²) < 4.78 is 5.38. The predicted molar refractivity (Wildman–Crippen MR) is 95.1 cm³/mol. The van der Waals surface area contributed by atoms with Crippen molar-refractivity contribution in [3.8, 4) is 0 Å². The number of carbonyl (C=O) groups is 1. The van der Waals surface area contributed by atoms with E-state index in [0.717, 1.165) is 52.0 Å². The number of piperidine rings is 1. The van der Waals surface area contributed by atoms with Crippen LogP contribution in [0.5, 0.6) is 0 Å². The minimum Gasteiger partial charge on any atom is -0.381 e. The minimum absolute atomic E-state index is 0.185. The smallest absolute Gasteiger partial charge is 0.225 e. The molecular weight excluding hydrogens is 300 g/mol. The van der Waals surface area contributed by atoms with Gasteiger partial charge < -0.3 is 14.6 Å². The molecule has 4 rings (SSSR count). The third-order valence-electron chi connectivity index (χ3n) is 5.73. The van der Waals surface area contributed by atoms with E-state index in [2.05, 4.69) is 41.1 Å². The summed E-state index contributed by atoms with van der Waals surface area (Å²) in [5, 5.41) is 1.35. The van der Waals surface area contributed by atoms with Crippen LogP contribution in [0.1, 0.15) is 42.9 Å². The molecule has 2 aliphatic heterocycles. The number of amides is 1. The normalized spacial score (nSPS) is 20.6. The number of aryl methyl sites for hydroxylation is 1. The summed E-state index contributed by atoms with van der Waals surface area (Å²) in [6.07, 6.45) is 3.91. The van der Waals surface area contributed by atoms with Gasteiger partial charge in [0.15, 0.2) is 0 Å². The molecule has 0 spiro atoms. The van der Waals surface area contributed by atoms with Crippen molar-refractivity contribution in [1.29, 1.82) is 0 Å². The van der Waals surface area contributed by atoms with Crippen LogP contribution in [0.2, 0.25) is 0 Å². The number of aromatic amines is 1. The van der Waals surface area contributed by atoms with Gasteiger partial charge in [0.2, 0.25) is 5.91 Å². The lowest BCUT2D eigenvalue weighted by Crippen LogP contribution is -2.42. The second kappa shape index (κ2) is 6.60. The molecule has 4 nitrogen and oxygen atoms in total. The molecule has 2 saturated heterocycles. The Balaban J connectivity index is 1.45. The molecule has 2 fully saturated rings. The maximum Gasteiger partial charge on any atom is 0.225 e. The summed E-state index contributed by atoms with van der Waals surface area (Å²) >= 11 is 0. The molecule has 2 aromatic rings. The van der Waals surface area contributed by atoms with E-state index >= 15 is 0 Å². The number of ether oxygens (including phenoxy) is 1. The van der Waals surface area contributed by atoms with Crippen molar-refractivity contribution < 1.29 is 9.53 Å². The van der Waals surface area contributed by atoms with E-state index < -0.39 is 0 Å². The Labute approximate surface area is 143 Å². The van der Waals surface area contributed by atoms with Gasteiger partial charge in [-0.1, -0.05) is 18.2 Å². The van der Waals surface area contributed by atoms with Gasteiger partial charge in [0, 0.05) is 48.8 Å². The standard InChI is InChI=1S/C20H26N2O2/c1-14-19(17-4-2-3-5-18(17)21-14)15-6-10-22(11-7-15)20(23)16-8-12-24-13-9-16/h2-5,15-16,21H,6-13H2,1H3. The number of benzene rings is 1. The van der Waals surface area contributed by atoms with Crippen LogP contribution in [0.15, 0.2) is 24.3 Å². The zero-order chi connectivity index (χ0) is 16.5. The fourth-order valence-electron chi connectivity index (χ4n) is 4.42. The van der Waals surface area contributed by atoms with Crippen LogP contribution in [0.25, 0.3) is 10.9 Å². The summed E-state index contributed by atoms with van der Waals surface area (Å²) in [6, 6.07) is 8.56. The zero-order valence-corrected chi connectivity index (χ0v) is 14.4. The van der Waals surface area contributed by atoms with Crippen molar-refractivity contribution in [1.82, 2.24) is 9.88 Å². The molecule has 1 N–H and O–H groups in total. The molecule has 2 aliphatic rings. The quantitative estimate of drug-likeness (QED) is 0.916. The lowest BCUT2D eigenvalue weighted by molar-refractivity contribution is -0.139. The van der Waals surface area contributed by atoms with Crippen molar-refractivity contribution in [2.45, 2.75) is 38.5 Å². The van der Waals surface area contributed by atoms with Crippen molar-refractivity contribution in [3.63, 3.8) is 0 Å². The average molecular weight is 326 g/mol. The van der Waals surface area contributed by atoms with Crippen LogP contribution in [0.3, 0.4) is 0 Å². The first kappa shape index (κ1) is 15.7. The molecule has 128 valence electrons. The Hall–Kier alpha value is -1.81. The summed E-state index contributed by atoms with van der Waals surface area (Å²) in [5.41, 5.74) is 3.97. The molecule has 0 saturated carbocycles. The van der Waals surface area contributed by atoms with Crippen molar-refractivity contribution in [2.24, 2.45) is 5.92 Å². The number of H-pyrrole nitrogens is 1. The lowest BCUT2D eigenvalue weighted by atomic mass is 9.86. The fourth-order valence-corrected chi connectivity index (χ4v) is 4.42. The molecule has 1 aromatic heterocycles. The Bertz CT molecular complexity index is 722. The highest BCUT2D eigenvalue weighted by Gasteiger charge is 2.31. The molecule has 0 radical (unpaired) electrons. The average Bonchev–Trinajstić information content (AvgIpc) is 2.98. The number of para-hydroxylation sites is 1. The van der Waals surface area contributed by atoms with E-state index in [1.54, 1.807) is 0 Å². The number of fused-ring (bicyclic) bond motifs is 1. The van der Waals surface area contributed by atoms with E-state index in [0.29, 0.717) is 11.8 Å². The molecule has 0 atom stereocenters. The first-order chi connectivity index (χ1) is 11.7. The van der Waals surface area contributed by atoms with Crippen LogP contribution in [0, 0.1) is 12.8 Å². The first-order valence-electron chi connectivity index (χ1n) is 9.18. The van der Waals surface area contributed by atoms with Gasteiger partial charge in [-0.3, -0.25) is 4.79 Å². The second-order valence-corrected chi connectivity index (χ2v) is 7.20. The number of likely N-dealkylation sites (tertiary alicyclic amines) is 1. The summed E-state index contributed by atoms with van der Waals surface area (Å²) in [5.74, 6) is 1.09. The van der Waals surface area contributed by atoms with E-state index in [1.165, 1.54) is 22.2 Å². The highest BCUT2D eigenvalue weighted by atomic mass is 16.5. The third-order valence-corrected chi connectivity index (χ3v) is 5.73. The summed E-state index contributed by atoms with van der Waals surface area (Å²) in [7, 11) is 0. The largest absolute Gasteiger partial charge is 0.381 e. The maximum atomic E-state index is 12.7. The van der Waals surface area contributed by atoms with E-state index in [1.807, 2.05) is 0 Å². The number of hydrogen-bond donors (Lipinski definition) is 1. The van der Waals surface area contributed by atoms with E-state index in [9.17, 15) is 4.79 Å². The van der Waals surface area contributed by atoms with Gasteiger partial charge in [-0.05, 0) is 50.2 Å². The van der Waals surface area contributed by atoms with Crippen LogP contribution in [-0.4, -0.2) is 42.1 Å². The Kier molecular flexibility index (Phi) is 4.31. The predicted octanol–water partition coefficient (Wildman–Crippen LogP) is 3.61. The summed E-state index contributed by atoms with van der Waals surface area (Å²) in [6.45, 7) is 5.43. The van der Waals surface area contributed by atoms with Crippen LogP contribution < -0.4 is 0 Å². The molecule has 1 aromatic carbocycles. The van der Waals surface area contributed by atoms with Gasteiger partial charge in [0.25, 0.3) is 0 Å². The SMILES string of the molecule is Cc1[nH]c2ccccc2c1C1CCN(C(=O)C2CCOCC2)CC1. The molecule has 1 amide bonds. The van der Waals surface area contributed by atoms with Gasteiger partial charge in [-0.15, -0.1) is 0 Å². The molecule has 4 heteroatoms. The van der Waals surface area contributed by atoms with Gasteiger partial charge in [-0.25, -0.2) is 0 Å². The van der Waals surface area contributed by atoms with Gasteiger partial charge in [0.1, 0.15) is 0 Å². The lowest BCUT2D eigenvalue weighted by Gasteiger charge is -2.35. The molecule has 0 unspecified atom stereocenters. The van der Waals surface area contributed by atoms with Gasteiger partial charge in [0.05, 0.1) is 0 Å². The zero-order valence-electron chi connectivity index (χ0n) is 14.4. The highest BCUT2D eigenvalue weighted by molar-refractivity contribution is 5.85. The van der Waals surface area contributed by atoms with Crippen molar-refractivity contribution in [2.75, 3.05) is 26.3 Å². The van der Waals surface area contributed by atoms with E-state index in [-0.39, 0.29) is 5.92 Å². The van der Waals surface area contributed by atoms with Crippen molar-refractivity contribution in [3.05, 3.63) is 35.5 Å². The Morgan fingerprint density at radius 2 is 1.83 bits per heavy atom. The third kappa shape index (κ3) is 2.84. The molecular formula is C20H26N2O2. The number of carbonyl (C=O) groups excluding carboxylic acids is 1.